The summed E-state index contributed by atoms with van der Waals surface area (Å²) < 4.78 is 10.4. The fraction of sp³-hybridized carbons (Fsp3) is 0.263. The number of methoxy groups -OCH3 is 2. The number of carbonyl (C=O) groups excluding carboxylic acids is 2. The first-order chi connectivity index (χ1) is 13.3. The van der Waals surface area contributed by atoms with Crippen LogP contribution in [0.5, 0.6) is 11.5 Å². The van der Waals surface area contributed by atoms with Crippen LogP contribution in [0, 0.1) is 6.92 Å². The molecule has 2 aromatic rings. The molecule has 1 atom stereocenters. The Bertz CT molecular complexity index is 911. The molecule has 7 nitrogen and oxygen atoms in total. The van der Waals surface area contributed by atoms with Gasteiger partial charge in [0.2, 0.25) is 6.04 Å². The van der Waals surface area contributed by atoms with Crippen molar-refractivity contribution < 1.29 is 19.1 Å². The molecule has 0 spiro atoms. The number of halogens is 2. The zero-order valence-electron chi connectivity index (χ0n) is 15.7. The summed E-state index contributed by atoms with van der Waals surface area (Å²) in [7, 11) is 2.87. The van der Waals surface area contributed by atoms with Crippen molar-refractivity contribution in [2.45, 2.75) is 19.9 Å². The highest BCUT2D eigenvalue weighted by molar-refractivity contribution is 6.33. The van der Waals surface area contributed by atoms with Gasteiger partial charge in [0.1, 0.15) is 17.2 Å². The summed E-state index contributed by atoms with van der Waals surface area (Å²) in [5.41, 5.74) is 1.45. The van der Waals surface area contributed by atoms with Crippen LogP contribution in [0.2, 0.25) is 10.0 Å². The van der Waals surface area contributed by atoms with Gasteiger partial charge in [-0.15, -0.1) is 0 Å². The van der Waals surface area contributed by atoms with Gasteiger partial charge in [0, 0.05) is 12.1 Å². The number of carbonyl (C=O) groups is 2. The maximum atomic E-state index is 12.6. The number of rotatable bonds is 7. The van der Waals surface area contributed by atoms with E-state index in [4.69, 9.17) is 32.7 Å². The van der Waals surface area contributed by atoms with E-state index < -0.39 is 17.7 Å². The first-order valence-corrected chi connectivity index (χ1v) is 8.92. The number of aryl methyl sites for hydroxylation is 1. The molecule has 0 aliphatic rings. The van der Waals surface area contributed by atoms with E-state index in [0.717, 1.165) is 5.56 Å². The Hall–Kier alpha value is -2.64. The zero-order chi connectivity index (χ0) is 20.8. The maximum Gasteiger partial charge on any atom is 0.258 e. The first kappa shape index (κ1) is 21.7. The standard InChI is InChI=1S/C19H19Cl2N3O4/c1-10-6-5-7-12(20)17(10)23-24-18(11(2)25)19(26)22-14-9-15(27-3)13(21)8-16(14)28-4/h5-9,18H,1-4H3,(H,22,26). The summed E-state index contributed by atoms with van der Waals surface area (Å²) in [6.07, 6.45) is 0. The van der Waals surface area contributed by atoms with Gasteiger partial charge in [0.05, 0.1) is 30.0 Å². The Labute approximate surface area is 172 Å². The van der Waals surface area contributed by atoms with Crippen molar-refractivity contribution in [3.63, 3.8) is 0 Å². The van der Waals surface area contributed by atoms with Gasteiger partial charge in [0.25, 0.3) is 5.91 Å². The average molecular weight is 424 g/mol. The van der Waals surface area contributed by atoms with Gasteiger partial charge < -0.3 is 14.8 Å². The maximum absolute atomic E-state index is 12.6. The molecule has 0 aromatic heterocycles. The molecule has 9 heteroatoms. The van der Waals surface area contributed by atoms with E-state index in [2.05, 4.69) is 15.5 Å². The topological polar surface area (TPSA) is 89.4 Å². The van der Waals surface area contributed by atoms with E-state index in [-0.39, 0.29) is 5.69 Å². The van der Waals surface area contributed by atoms with Crippen molar-refractivity contribution in [1.29, 1.82) is 0 Å². The number of ketones is 1. The summed E-state index contributed by atoms with van der Waals surface area (Å²) in [6.45, 7) is 3.05. The van der Waals surface area contributed by atoms with E-state index in [0.29, 0.717) is 27.2 Å². The predicted molar refractivity (Wildman–Crippen MR) is 108 cm³/mol. The lowest BCUT2D eigenvalue weighted by Gasteiger charge is -2.14. The Morgan fingerprint density at radius 2 is 1.75 bits per heavy atom. The van der Waals surface area contributed by atoms with Crippen LogP contribution in [0.15, 0.2) is 40.6 Å². The molecule has 0 heterocycles. The van der Waals surface area contributed by atoms with Gasteiger partial charge in [-0.1, -0.05) is 35.3 Å². The molecule has 0 bridgehead atoms. The second-order valence-electron chi connectivity index (χ2n) is 5.81. The molecule has 0 aliphatic carbocycles. The fourth-order valence-electron chi connectivity index (χ4n) is 2.34. The number of nitrogens with zero attached hydrogens (tertiary/aromatic N) is 2. The van der Waals surface area contributed by atoms with Crippen LogP contribution < -0.4 is 14.8 Å². The largest absolute Gasteiger partial charge is 0.495 e. The van der Waals surface area contributed by atoms with Gasteiger partial charge >= 0.3 is 0 Å². The molecule has 0 radical (unpaired) electrons. The second kappa shape index (κ2) is 9.52. The zero-order valence-corrected chi connectivity index (χ0v) is 17.3. The number of anilines is 1. The quantitative estimate of drug-likeness (QED) is 0.501. The average Bonchev–Trinajstić information content (AvgIpc) is 2.64. The monoisotopic (exact) mass is 423 g/mol. The molecule has 1 N–H and O–H groups in total. The number of hydrogen-bond donors (Lipinski definition) is 1. The van der Waals surface area contributed by atoms with E-state index in [1.165, 1.54) is 33.3 Å². The van der Waals surface area contributed by atoms with Crippen LogP contribution in [0.3, 0.4) is 0 Å². The third-order valence-corrected chi connectivity index (χ3v) is 4.43. The molecule has 28 heavy (non-hydrogen) atoms. The smallest absolute Gasteiger partial charge is 0.258 e. The highest BCUT2D eigenvalue weighted by Gasteiger charge is 2.25. The van der Waals surface area contributed by atoms with Crippen LogP contribution in [0.25, 0.3) is 0 Å². The highest BCUT2D eigenvalue weighted by atomic mass is 35.5. The number of benzene rings is 2. The number of amides is 1. The van der Waals surface area contributed by atoms with Crippen molar-refractivity contribution in [1.82, 2.24) is 0 Å². The summed E-state index contributed by atoms with van der Waals surface area (Å²) >= 11 is 12.2. The minimum Gasteiger partial charge on any atom is -0.495 e. The molecule has 0 saturated carbocycles. The third-order valence-electron chi connectivity index (χ3n) is 3.83. The van der Waals surface area contributed by atoms with Gasteiger partial charge in [-0.3, -0.25) is 9.59 Å². The predicted octanol–water partition coefficient (Wildman–Crippen LogP) is 5.00. The lowest BCUT2D eigenvalue weighted by molar-refractivity contribution is -0.126. The highest BCUT2D eigenvalue weighted by Crippen LogP contribution is 2.36. The van der Waals surface area contributed by atoms with Crippen LogP contribution in [0.1, 0.15) is 12.5 Å². The molecule has 2 aromatic carbocycles. The molecule has 2 rings (SSSR count). The van der Waals surface area contributed by atoms with Crippen molar-refractivity contribution in [3.8, 4) is 11.5 Å². The number of Topliss-reactive ketones (excluding diaryl/α,β-unsaturated/α-hetero) is 1. The number of nitrogens with one attached hydrogen (secondary N) is 1. The normalized spacial score (nSPS) is 11.9. The molecule has 0 aliphatic heterocycles. The Kier molecular flexibility index (Phi) is 7.37. The third kappa shape index (κ3) is 4.99. The lowest BCUT2D eigenvalue weighted by atomic mass is 10.2. The molecule has 1 amide bonds. The van der Waals surface area contributed by atoms with Crippen LogP contribution in [-0.4, -0.2) is 32.0 Å². The molecule has 0 fully saturated rings. The van der Waals surface area contributed by atoms with Gasteiger partial charge in [0.15, 0.2) is 5.78 Å². The van der Waals surface area contributed by atoms with Gasteiger partial charge in [-0.2, -0.15) is 10.2 Å². The second-order valence-corrected chi connectivity index (χ2v) is 6.62. The fourth-order valence-corrected chi connectivity index (χ4v) is 2.83. The van der Waals surface area contributed by atoms with Crippen LogP contribution in [-0.2, 0) is 9.59 Å². The number of hydrogen-bond acceptors (Lipinski definition) is 6. The number of ether oxygens (including phenoxy) is 2. The van der Waals surface area contributed by atoms with Crippen molar-refractivity contribution in [2.75, 3.05) is 19.5 Å². The van der Waals surface area contributed by atoms with E-state index in [1.54, 1.807) is 25.1 Å². The molecule has 0 saturated heterocycles. The minimum atomic E-state index is -1.36. The molecular formula is C19H19Cl2N3O4. The van der Waals surface area contributed by atoms with E-state index in [1.807, 2.05) is 0 Å². The van der Waals surface area contributed by atoms with Crippen LogP contribution >= 0.6 is 23.2 Å². The number of azo groups is 1. The summed E-state index contributed by atoms with van der Waals surface area (Å²) in [5, 5.41) is 11.2. The Balaban J connectivity index is 2.32. The first-order valence-electron chi connectivity index (χ1n) is 8.17. The molecular weight excluding hydrogens is 405 g/mol. The van der Waals surface area contributed by atoms with Crippen molar-refractivity contribution >= 4 is 46.3 Å². The van der Waals surface area contributed by atoms with E-state index in [9.17, 15) is 9.59 Å². The molecule has 148 valence electrons. The Morgan fingerprint density at radius 3 is 2.32 bits per heavy atom. The SMILES string of the molecule is COc1cc(NC(=O)C(N=Nc2c(C)cccc2Cl)C(C)=O)c(OC)cc1Cl. The minimum absolute atomic E-state index is 0.282. The molecule has 1 unspecified atom stereocenters. The van der Waals surface area contributed by atoms with Gasteiger partial charge in [-0.25, -0.2) is 0 Å². The summed E-state index contributed by atoms with van der Waals surface area (Å²) in [6, 6.07) is 6.84. The van der Waals surface area contributed by atoms with E-state index >= 15 is 0 Å². The van der Waals surface area contributed by atoms with Crippen molar-refractivity contribution in [3.05, 3.63) is 45.9 Å². The lowest BCUT2D eigenvalue weighted by Crippen LogP contribution is -2.32. The van der Waals surface area contributed by atoms with Gasteiger partial charge in [-0.05, 0) is 25.5 Å². The van der Waals surface area contributed by atoms with Crippen LogP contribution in [0.4, 0.5) is 11.4 Å². The van der Waals surface area contributed by atoms with Crippen molar-refractivity contribution in [2.24, 2.45) is 10.2 Å². The summed E-state index contributed by atoms with van der Waals surface area (Å²) in [4.78, 5) is 24.6. The summed E-state index contributed by atoms with van der Waals surface area (Å²) in [5.74, 6) is -0.514. The Morgan fingerprint density at radius 1 is 1.07 bits per heavy atom.